The highest BCUT2D eigenvalue weighted by atomic mass is 79.9. The third-order valence-corrected chi connectivity index (χ3v) is 8.41. The van der Waals surface area contributed by atoms with Gasteiger partial charge in [-0.05, 0) is 76.8 Å². The molecule has 6 rings (SSSR count). The summed E-state index contributed by atoms with van der Waals surface area (Å²) >= 11 is 4.08. The zero-order chi connectivity index (χ0) is 18.3. The van der Waals surface area contributed by atoms with Gasteiger partial charge in [-0.3, -0.25) is 4.79 Å². The Labute approximate surface area is 165 Å². The van der Waals surface area contributed by atoms with E-state index in [1.165, 1.54) is 37.7 Å². The zero-order valence-electron chi connectivity index (χ0n) is 16.0. The van der Waals surface area contributed by atoms with Gasteiger partial charge in [-0.25, -0.2) is 0 Å². The van der Waals surface area contributed by atoms with Crippen LogP contribution >= 0.6 is 15.9 Å². The number of carbonyl (C=O) groups excluding carboxylic acids is 1. The predicted molar refractivity (Wildman–Crippen MR) is 109 cm³/mol. The first-order valence-electron chi connectivity index (χ1n) is 10.0. The number of nitrogens with zero attached hydrogens (tertiary/aromatic N) is 1. The van der Waals surface area contributed by atoms with Gasteiger partial charge in [0, 0.05) is 28.0 Å². The maximum absolute atomic E-state index is 13.4. The van der Waals surface area contributed by atoms with Crippen LogP contribution in [0, 0.1) is 24.2 Å². The van der Waals surface area contributed by atoms with E-state index in [0.29, 0.717) is 21.7 Å². The van der Waals surface area contributed by atoms with E-state index in [0.717, 1.165) is 18.2 Å². The monoisotopic (exact) mass is 416 g/mol. The molecule has 1 aliphatic heterocycles. The van der Waals surface area contributed by atoms with Crippen molar-refractivity contribution in [1.82, 2.24) is 4.90 Å². The van der Waals surface area contributed by atoms with Gasteiger partial charge >= 0.3 is 0 Å². The van der Waals surface area contributed by atoms with Gasteiger partial charge in [0.1, 0.15) is 5.54 Å². The SMILES string of the molecule is Cc1ccc(NC(C)(C)C(=O)N2CC34CC5C[C@@H](C[C@](Br)(C5)C3)C24)cc1. The minimum absolute atomic E-state index is 0.268. The number of likely N-dealkylation sites (tertiary alicyclic amines) is 1. The van der Waals surface area contributed by atoms with Gasteiger partial charge in [0.05, 0.1) is 0 Å². The molecule has 1 aromatic rings. The molecule has 5 atom stereocenters. The quantitative estimate of drug-likeness (QED) is 0.721. The molecule has 3 nitrogen and oxygen atoms in total. The van der Waals surface area contributed by atoms with Crippen LogP contribution < -0.4 is 5.32 Å². The van der Waals surface area contributed by atoms with E-state index in [-0.39, 0.29) is 5.91 Å². The lowest BCUT2D eigenvalue weighted by molar-refractivity contribution is -0.209. The normalized spacial score (nSPS) is 40.2. The largest absolute Gasteiger partial charge is 0.372 e. The van der Waals surface area contributed by atoms with Crippen LogP contribution in [0.4, 0.5) is 5.69 Å². The highest BCUT2D eigenvalue weighted by molar-refractivity contribution is 9.10. The molecule has 140 valence electrons. The maximum atomic E-state index is 13.4. The van der Waals surface area contributed by atoms with Gasteiger partial charge < -0.3 is 10.2 Å². The molecule has 1 heterocycles. The Morgan fingerprint density at radius 1 is 1.23 bits per heavy atom. The van der Waals surface area contributed by atoms with Crippen LogP contribution in [-0.2, 0) is 4.79 Å². The molecule has 5 fully saturated rings. The van der Waals surface area contributed by atoms with Crippen molar-refractivity contribution >= 4 is 27.5 Å². The topological polar surface area (TPSA) is 32.3 Å². The molecule has 1 N–H and O–H groups in total. The molecule has 1 spiro atoms. The van der Waals surface area contributed by atoms with E-state index in [4.69, 9.17) is 0 Å². The van der Waals surface area contributed by atoms with E-state index in [9.17, 15) is 4.79 Å². The summed E-state index contributed by atoms with van der Waals surface area (Å²) in [6, 6.07) is 8.80. The Hall–Kier alpha value is -1.03. The number of rotatable bonds is 3. The molecule has 1 amide bonds. The minimum atomic E-state index is -0.572. The van der Waals surface area contributed by atoms with Crippen LogP contribution in [-0.4, -0.2) is 33.3 Å². The van der Waals surface area contributed by atoms with Crippen molar-refractivity contribution in [3.05, 3.63) is 29.8 Å². The number of hydrogen-bond donors (Lipinski definition) is 1. The third-order valence-electron chi connectivity index (χ3n) is 7.48. The summed E-state index contributed by atoms with van der Waals surface area (Å²) in [6.45, 7) is 7.11. The molecule has 0 aromatic heterocycles. The molecule has 1 saturated heterocycles. The first-order valence-corrected chi connectivity index (χ1v) is 10.8. The Bertz CT molecular complexity index is 760. The average molecular weight is 417 g/mol. The lowest BCUT2D eigenvalue weighted by atomic mass is 9.43. The summed E-state index contributed by atoms with van der Waals surface area (Å²) < 4.78 is 0.375. The fraction of sp³-hybridized carbons (Fsp3) is 0.682. The molecular weight excluding hydrogens is 388 g/mol. The van der Waals surface area contributed by atoms with E-state index < -0.39 is 5.54 Å². The van der Waals surface area contributed by atoms with Crippen LogP contribution in [0.25, 0.3) is 0 Å². The molecule has 3 unspecified atom stereocenters. The van der Waals surface area contributed by atoms with Gasteiger partial charge in [0.15, 0.2) is 0 Å². The number of nitrogens with one attached hydrogen (secondary N) is 1. The van der Waals surface area contributed by atoms with Crippen molar-refractivity contribution in [2.75, 3.05) is 11.9 Å². The van der Waals surface area contributed by atoms with E-state index in [2.05, 4.69) is 57.3 Å². The molecule has 4 saturated carbocycles. The number of hydrogen-bond acceptors (Lipinski definition) is 2. The van der Waals surface area contributed by atoms with E-state index in [1.54, 1.807) is 0 Å². The lowest BCUT2D eigenvalue weighted by Gasteiger charge is -2.73. The molecule has 4 heteroatoms. The molecule has 26 heavy (non-hydrogen) atoms. The summed E-state index contributed by atoms with van der Waals surface area (Å²) in [4.78, 5) is 15.6. The van der Waals surface area contributed by atoms with Crippen molar-refractivity contribution in [3.8, 4) is 0 Å². The van der Waals surface area contributed by atoms with Crippen LogP contribution in [0.2, 0.25) is 0 Å². The number of anilines is 1. The molecule has 5 aliphatic rings. The summed E-state index contributed by atoms with van der Waals surface area (Å²) in [6.07, 6.45) is 6.55. The third kappa shape index (κ3) is 2.40. The number of halogens is 1. The van der Waals surface area contributed by atoms with Gasteiger partial charge in [-0.15, -0.1) is 0 Å². The van der Waals surface area contributed by atoms with Crippen molar-refractivity contribution < 1.29 is 4.79 Å². The molecular formula is C22H29BrN2O. The Balaban J connectivity index is 1.35. The first-order chi connectivity index (χ1) is 12.2. The summed E-state index contributed by atoms with van der Waals surface area (Å²) in [5.41, 5.74) is 2.09. The van der Waals surface area contributed by atoms with Crippen LogP contribution in [0.5, 0.6) is 0 Å². The van der Waals surface area contributed by atoms with E-state index >= 15 is 0 Å². The Morgan fingerprint density at radius 2 is 1.96 bits per heavy atom. The second-order valence-electron chi connectivity index (χ2n) is 10.2. The smallest absolute Gasteiger partial charge is 0.247 e. The van der Waals surface area contributed by atoms with Gasteiger partial charge in [-0.1, -0.05) is 33.6 Å². The second kappa shape index (κ2) is 5.27. The van der Waals surface area contributed by atoms with Gasteiger partial charge in [0.2, 0.25) is 5.91 Å². The summed E-state index contributed by atoms with van der Waals surface area (Å²) in [5.74, 6) is 1.85. The van der Waals surface area contributed by atoms with Crippen LogP contribution in [0.15, 0.2) is 24.3 Å². The van der Waals surface area contributed by atoms with E-state index in [1.807, 2.05) is 13.8 Å². The molecule has 4 bridgehead atoms. The molecule has 1 aromatic carbocycles. The van der Waals surface area contributed by atoms with Crippen molar-refractivity contribution in [1.29, 1.82) is 0 Å². The summed E-state index contributed by atoms with van der Waals surface area (Å²) in [5, 5.41) is 3.48. The molecule has 0 radical (unpaired) electrons. The number of benzene rings is 1. The number of carbonyl (C=O) groups is 1. The van der Waals surface area contributed by atoms with Crippen LogP contribution in [0.3, 0.4) is 0 Å². The number of aryl methyl sites for hydroxylation is 1. The zero-order valence-corrected chi connectivity index (χ0v) is 17.6. The fourth-order valence-electron chi connectivity index (χ4n) is 6.94. The van der Waals surface area contributed by atoms with Crippen molar-refractivity contribution in [2.24, 2.45) is 17.3 Å². The number of amides is 1. The van der Waals surface area contributed by atoms with Gasteiger partial charge in [-0.2, -0.15) is 0 Å². The Kier molecular flexibility index (Phi) is 3.47. The summed E-state index contributed by atoms with van der Waals surface area (Å²) in [7, 11) is 0. The predicted octanol–water partition coefficient (Wildman–Crippen LogP) is 4.74. The standard InChI is InChI=1S/C22H29BrN2O/c1-14-4-6-17(7-5-14)24-20(2,3)19(26)25-13-21-9-15-8-16(18(21)25)11-22(23,10-15)12-21/h4-7,15-16,18,24H,8-13H2,1-3H3/t15?,16-,18?,21?,22+/m0/s1. The highest BCUT2D eigenvalue weighted by Crippen LogP contribution is 2.69. The maximum Gasteiger partial charge on any atom is 0.247 e. The Morgan fingerprint density at radius 3 is 2.62 bits per heavy atom. The number of alkyl halides is 1. The highest BCUT2D eigenvalue weighted by Gasteiger charge is 2.69. The van der Waals surface area contributed by atoms with Crippen molar-refractivity contribution in [2.45, 2.75) is 68.8 Å². The lowest BCUT2D eigenvalue weighted by Crippen LogP contribution is -2.78. The minimum Gasteiger partial charge on any atom is -0.372 e. The fourth-order valence-corrected chi connectivity index (χ4v) is 8.37. The average Bonchev–Trinajstić information content (AvgIpc) is 2.51. The first kappa shape index (κ1) is 17.1. The van der Waals surface area contributed by atoms with Crippen LogP contribution in [0.1, 0.15) is 51.5 Å². The molecule has 4 aliphatic carbocycles. The second-order valence-corrected chi connectivity index (χ2v) is 11.8. The van der Waals surface area contributed by atoms with Gasteiger partial charge in [0.25, 0.3) is 0 Å². The van der Waals surface area contributed by atoms with Crippen molar-refractivity contribution in [3.63, 3.8) is 0 Å².